The van der Waals surface area contributed by atoms with Crippen LogP contribution in [0.5, 0.6) is 0 Å². The van der Waals surface area contributed by atoms with Gasteiger partial charge in [0.15, 0.2) is 0 Å². The Hall–Kier alpha value is -1.39. The highest BCUT2D eigenvalue weighted by Crippen LogP contribution is 2.24. The van der Waals surface area contributed by atoms with Crippen molar-refractivity contribution in [3.8, 4) is 0 Å². The fourth-order valence-corrected chi connectivity index (χ4v) is 3.62. The second-order valence-corrected chi connectivity index (χ2v) is 6.15. The lowest BCUT2D eigenvalue weighted by molar-refractivity contribution is -0.118. The molecule has 0 spiro atoms. The van der Waals surface area contributed by atoms with Gasteiger partial charge in [0.2, 0.25) is 5.91 Å². The van der Waals surface area contributed by atoms with Gasteiger partial charge in [0.05, 0.1) is 6.54 Å². The molecular weight excluding hydrogens is 262 g/mol. The molecule has 2 fully saturated rings. The standard InChI is InChI=1S/C17H25N3O/c21-17(19-14-7-2-1-3-8-14)13-20-12-5-4-10-16(20)15-9-6-11-18-15/h1-3,7-8,15-16,18H,4-6,9-13H2,(H,19,21). The van der Waals surface area contributed by atoms with Crippen molar-refractivity contribution in [1.82, 2.24) is 10.2 Å². The third kappa shape index (κ3) is 3.83. The first kappa shape index (κ1) is 14.5. The van der Waals surface area contributed by atoms with Crippen LogP contribution in [-0.2, 0) is 4.79 Å². The van der Waals surface area contributed by atoms with Crippen molar-refractivity contribution in [2.24, 2.45) is 0 Å². The van der Waals surface area contributed by atoms with Gasteiger partial charge in [-0.25, -0.2) is 0 Å². The second-order valence-electron chi connectivity index (χ2n) is 6.15. The number of benzene rings is 1. The third-order valence-corrected chi connectivity index (χ3v) is 4.63. The topological polar surface area (TPSA) is 44.4 Å². The lowest BCUT2D eigenvalue weighted by Gasteiger charge is -2.38. The molecule has 2 aliphatic heterocycles. The van der Waals surface area contributed by atoms with Crippen LogP contribution in [0.3, 0.4) is 0 Å². The van der Waals surface area contributed by atoms with Gasteiger partial charge in [-0.3, -0.25) is 9.69 Å². The van der Waals surface area contributed by atoms with Gasteiger partial charge < -0.3 is 10.6 Å². The molecule has 0 saturated carbocycles. The smallest absolute Gasteiger partial charge is 0.238 e. The Morgan fingerprint density at radius 2 is 2.05 bits per heavy atom. The molecule has 2 unspecified atom stereocenters. The maximum atomic E-state index is 12.3. The molecule has 0 aliphatic carbocycles. The molecule has 21 heavy (non-hydrogen) atoms. The first-order valence-electron chi connectivity index (χ1n) is 8.15. The van der Waals surface area contributed by atoms with Crippen LogP contribution in [0.1, 0.15) is 32.1 Å². The van der Waals surface area contributed by atoms with Crippen molar-refractivity contribution in [2.45, 2.75) is 44.2 Å². The van der Waals surface area contributed by atoms with E-state index in [0.717, 1.165) is 18.8 Å². The largest absolute Gasteiger partial charge is 0.325 e. The predicted octanol–water partition coefficient (Wildman–Crippen LogP) is 2.23. The number of amides is 1. The fraction of sp³-hybridized carbons (Fsp3) is 0.588. The molecule has 0 radical (unpaired) electrons. The zero-order valence-electron chi connectivity index (χ0n) is 12.6. The van der Waals surface area contributed by atoms with E-state index in [-0.39, 0.29) is 5.91 Å². The molecule has 2 atom stereocenters. The molecular formula is C17H25N3O. The minimum atomic E-state index is 0.103. The summed E-state index contributed by atoms with van der Waals surface area (Å²) in [7, 11) is 0. The molecule has 1 amide bonds. The molecule has 0 bridgehead atoms. The molecule has 1 aromatic rings. The van der Waals surface area contributed by atoms with Gasteiger partial charge in [-0.05, 0) is 50.9 Å². The molecule has 2 heterocycles. The summed E-state index contributed by atoms with van der Waals surface area (Å²) in [6.07, 6.45) is 6.24. The SMILES string of the molecule is O=C(CN1CCCCC1C1CCCN1)Nc1ccccc1. The van der Waals surface area contributed by atoms with Crippen molar-refractivity contribution >= 4 is 11.6 Å². The van der Waals surface area contributed by atoms with E-state index >= 15 is 0 Å². The van der Waals surface area contributed by atoms with Crippen LogP contribution in [0.2, 0.25) is 0 Å². The number of carbonyl (C=O) groups excluding carboxylic acids is 1. The summed E-state index contributed by atoms with van der Waals surface area (Å²) >= 11 is 0. The number of hydrogen-bond acceptors (Lipinski definition) is 3. The summed E-state index contributed by atoms with van der Waals surface area (Å²) in [5, 5.41) is 6.61. The van der Waals surface area contributed by atoms with E-state index in [1.165, 1.54) is 32.1 Å². The number of piperidine rings is 1. The maximum absolute atomic E-state index is 12.3. The van der Waals surface area contributed by atoms with Gasteiger partial charge in [0.25, 0.3) is 0 Å². The molecule has 3 rings (SSSR count). The highest BCUT2D eigenvalue weighted by Gasteiger charge is 2.32. The van der Waals surface area contributed by atoms with Crippen molar-refractivity contribution < 1.29 is 4.79 Å². The van der Waals surface area contributed by atoms with Crippen LogP contribution in [0.25, 0.3) is 0 Å². The number of likely N-dealkylation sites (tertiary alicyclic amines) is 1. The molecule has 2 N–H and O–H groups in total. The third-order valence-electron chi connectivity index (χ3n) is 4.63. The number of para-hydroxylation sites is 1. The van der Waals surface area contributed by atoms with Gasteiger partial charge in [0.1, 0.15) is 0 Å². The van der Waals surface area contributed by atoms with E-state index in [0.29, 0.717) is 18.6 Å². The summed E-state index contributed by atoms with van der Waals surface area (Å²) in [4.78, 5) is 14.6. The Bertz CT molecular complexity index is 456. The monoisotopic (exact) mass is 287 g/mol. The van der Waals surface area contributed by atoms with E-state index in [1.807, 2.05) is 30.3 Å². The van der Waals surface area contributed by atoms with E-state index in [4.69, 9.17) is 0 Å². The van der Waals surface area contributed by atoms with Crippen LogP contribution >= 0.6 is 0 Å². The number of carbonyl (C=O) groups is 1. The van der Waals surface area contributed by atoms with Gasteiger partial charge in [-0.1, -0.05) is 24.6 Å². The Labute approximate surface area is 126 Å². The maximum Gasteiger partial charge on any atom is 0.238 e. The van der Waals surface area contributed by atoms with Gasteiger partial charge in [-0.2, -0.15) is 0 Å². The van der Waals surface area contributed by atoms with Crippen LogP contribution < -0.4 is 10.6 Å². The van der Waals surface area contributed by atoms with Crippen LogP contribution in [0.15, 0.2) is 30.3 Å². The summed E-state index contributed by atoms with van der Waals surface area (Å²) < 4.78 is 0. The molecule has 2 saturated heterocycles. The average Bonchev–Trinajstić information content (AvgIpc) is 3.03. The quantitative estimate of drug-likeness (QED) is 0.892. The van der Waals surface area contributed by atoms with Crippen molar-refractivity contribution in [2.75, 3.05) is 25.0 Å². The van der Waals surface area contributed by atoms with Crippen LogP contribution in [0.4, 0.5) is 5.69 Å². The number of anilines is 1. The Morgan fingerprint density at radius 3 is 2.81 bits per heavy atom. The molecule has 0 aromatic heterocycles. The van der Waals surface area contributed by atoms with E-state index in [2.05, 4.69) is 15.5 Å². The number of nitrogens with zero attached hydrogens (tertiary/aromatic N) is 1. The highest BCUT2D eigenvalue weighted by atomic mass is 16.2. The minimum Gasteiger partial charge on any atom is -0.325 e. The average molecular weight is 287 g/mol. The van der Waals surface area contributed by atoms with Crippen molar-refractivity contribution in [1.29, 1.82) is 0 Å². The lowest BCUT2D eigenvalue weighted by atomic mass is 9.94. The molecule has 4 nitrogen and oxygen atoms in total. The highest BCUT2D eigenvalue weighted by molar-refractivity contribution is 5.92. The van der Waals surface area contributed by atoms with Crippen molar-refractivity contribution in [3.63, 3.8) is 0 Å². The summed E-state index contributed by atoms with van der Waals surface area (Å²) in [6, 6.07) is 10.8. The first-order chi connectivity index (χ1) is 10.3. The lowest BCUT2D eigenvalue weighted by Crippen LogP contribution is -2.52. The summed E-state index contributed by atoms with van der Waals surface area (Å²) in [6.45, 7) is 2.69. The predicted molar refractivity (Wildman–Crippen MR) is 85.3 cm³/mol. The Balaban J connectivity index is 1.57. The van der Waals surface area contributed by atoms with E-state index < -0.39 is 0 Å². The normalized spacial score (nSPS) is 26.7. The Morgan fingerprint density at radius 1 is 1.19 bits per heavy atom. The van der Waals surface area contributed by atoms with Crippen LogP contribution in [0, 0.1) is 0 Å². The zero-order chi connectivity index (χ0) is 14.5. The van der Waals surface area contributed by atoms with Gasteiger partial charge in [0, 0.05) is 17.8 Å². The van der Waals surface area contributed by atoms with Crippen molar-refractivity contribution in [3.05, 3.63) is 30.3 Å². The second kappa shape index (κ2) is 7.05. The molecule has 2 aliphatic rings. The Kier molecular flexibility index (Phi) is 4.88. The van der Waals surface area contributed by atoms with Crippen LogP contribution in [-0.4, -0.2) is 42.5 Å². The number of rotatable bonds is 4. The van der Waals surface area contributed by atoms with E-state index in [9.17, 15) is 4.79 Å². The number of nitrogens with one attached hydrogen (secondary N) is 2. The first-order valence-corrected chi connectivity index (χ1v) is 8.15. The fourth-order valence-electron chi connectivity index (χ4n) is 3.62. The molecule has 114 valence electrons. The minimum absolute atomic E-state index is 0.103. The number of hydrogen-bond donors (Lipinski definition) is 2. The summed E-state index contributed by atoms with van der Waals surface area (Å²) in [5.74, 6) is 0.103. The molecule has 4 heteroatoms. The van der Waals surface area contributed by atoms with Gasteiger partial charge in [-0.15, -0.1) is 0 Å². The van der Waals surface area contributed by atoms with E-state index in [1.54, 1.807) is 0 Å². The summed E-state index contributed by atoms with van der Waals surface area (Å²) in [5.41, 5.74) is 0.884. The van der Waals surface area contributed by atoms with Gasteiger partial charge >= 0.3 is 0 Å². The zero-order valence-corrected chi connectivity index (χ0v) is 12.6. The molecule has 1 aromatic carbocycles.